The first-order valence-electron chi connectivity index (χ1n) is 12.9. The molecule has 2 aliphatic carbocycles. The summed E-state index contributed by atoms with van der Waals surface area (Å²) in [6.07, 6.45) is 5.99. The molecule has 0 spiro atoms. The molecule has 2 aliphatic rings. The van der Waals surface area contributed by atoms with E-state index in [1.165, 1.54) is 63.9 Å². The van der Waals surface area contributed by atoms with Gasteiger partial charge in [0, 0.05) is 0 Å². The molecule has 2 heteroatoms. The van der Waals surface area contributed by atoms with Crippen molar-refractivity contribution in [2.45, 2.75) is 51.9 Å². The van der Waals surface area contributed by atoms with Crippen LogP contribution < -0.4 is 10.1 Å². The minimum Gasteiger partial charge on any atom is -0.497 e. The molecule has 2 nitrogen and oxygen atoms in total. The van der Waals surface area contributed by atoms with Gasteiger partial charge in [0.25, 0.3) is 0 Å². The third-order valence-electron chi connectivity index (χ3n) is 7.42. The highest BCUT2D eigenvalue weighted by molar-refractivity contribution is 6.00. The minimum atomic E-state index is 0.549. The van der Waals surface area contributed by atoms with Gasteiger partial charge < -0.3 is 10.1 Å². The van der Waals surface area contributed by atoms with Crippen LogP contribution in [0.3, 0.4) is 0 Å². The van der Waals surface area contributed by atoms with Crippen LogP contribution in [0.5, 0.6) is 5.75 Å². The Labute approximate surface area is 205 Å². The maximum atomic E-state index is 5.53. The van der Waals surface area contributed by atoms with Gasteiger partial charge in [-0.3, -0.25) is 0 Å². The van der Waals surface area contributed by atoms with E-state index in [0.717, 1.165) is 37.5 Å². The topological polar surface area (TPSA) is 21.3 Å². The van der Waals surface area contributed by atoms with Gasteiger partial charge in [0.2, 0.25) is 0 Å². The molecule has 3 aromatic rings. The third kappa shape index (κ3) is 5.13. The van der Waals surface area contributed by atoms with Gasteiger partial charge in [-0.25, -0.2) is 0 Å². The summed E-state index contributed by atoms with van der Waals surface area (Å²) in [7, 11) is 1.75. The first kappa shape index (κ1) is 22.9. The molecular formula is C32H37NO. The molecular weight excluding hydrogens is 414 g/mol. The van der Waals surface area contributed by atoms with Crippen molar-refractivity contribution in [1.29, 1.82) is 0 Å². The molecule has 34 heavy (non-hydrogen) atoms. The summed E-state index contributed by atoms with van der Waals surface area (Å²) in [6.45, 7) is 6.76. The number of rotatable bonds is 9. The molecule has 0 unspecified atom stereocenters. The number of hydrogen-bond donors (Lipinski definition) is 1. The second-order valence-corrected chi connectivity index (χ2v) is 10.2. The van der Waals surface area contributed by atoms with E-state index in [2.05, 4.69) is 85.9 Å². The van der Waals surface area contributed by atoms with Gasteiger partial charge in [0.05, 0.1) is 7.11 Å². The molecule has 0 saturated heterocycles. The molecule has 3 aromatic carbocycles. The van der Waals surface area contributed by atoms with E-state index >= 15 is 0 Å². The van der Waals surface area contributed by atoms with Crippen molar-refractivity contribution in [1.82, 2.24) is 5.32 Å². The molecule has 0 aliphatic heterocycles. The van der Waals surface area contributed by atoms with Crippen LogP contribution in [0.1, 0.15) is 72.4 Å². The molecule has 0 radical (unpaired) electrons. The lowest BCUT2D eigenvalue weighted by molar-refractivity contribution is 0.414. The highest BCUT2D eigenvalue weighted by atomic mass is 16.5. The average Bonchev–Trinajstić information content (AvgIpc) is 3.70. The van der Waals surface area contributed by atoms with E-state index in [4.69, 9.17) is 4.74 Å². The molecule has 1 N–H and O–H groups in total. The fourth-order valence-corrected chi connectivity index (χ4v) is 5.08. The van der Waals surface area contributed by atoms with Crippen LogP contribution in [0, 0.1) is 5.92 Å². The summed E-state index contributed by atoms with van der Waals surface area (Å²) in [5, 5.41) is 3.62. The first-order valence-corrected chi connectivity index (χ1v) is 12.9. The van der Waals surface area contributed by atoms with Crippen molar-refractivity contribution in [3.63, 3.8) is 0 Å². The lowest BCUT2D eigenvalue weighted by atomic mass is 9.79. The number of fused-ring (bicyclic) bond motifs is 1. The number of aryl methyl sites for hydroxylation is 1. The SMILES string of the molecule is COc1ccc2c(c1)CCC(c1ccc(C(C)C)cc1)=C2c1ccc(CCNCC2CC2)cc1. The van der Waals surface area contributed by atoms with Crippen LogP contribution in [0.4, 0.5) is 0 Å². The molecule has 1 fully saturated rings. The van der Waals surface area contributed by atoms with E-state index in [0.29, 0.717) is 5.92 Å². The number of nitrogens with one attached hydrogen (secondary N) is 1. The lowest BCUT2D eigenvalue weighted by Crippen LogP contribution is -2.19. The molecule has 0 atom stereocenters. The predicted molar refractivity (Wildman–Crippen MR) is 144 cm³/mol. The zero-order valence-corrected chi connectivity index (χ0v) is 20.9. The quantitative estimate of drug-likeness (QED) is 0.346. The molecule has 0 aromatic heterocycles. The van der Waals surface area contributed by atoms with Gasteiger partial charge in [0.1, 0.15) is 5.75 Å². The van der Waals surface area contributed by atoms with Crippen LogP contribution >= 0.6 is 0 Å². The monoisotopic (exact) mass is 451 g/mol. The van der Waals surface area contributed by atoms with E-state index in [-0.39, 0.29) is 0 Å². The van der Waals surface area contributed by atoms with Crippen LogP contribution in [0.25, 0.3) is 11.1 Å². The van der Waals surface area contributed by atoms with Gasteiger partial charge in [-0.05, 0) is 114 Å². The Hall–Kier alpha value is -2.84. The van der Waals surface area contributed by atoms with Gasteiger partial charge in [-0.1, -0.05) is 68.4 Å². The van der Waals surface area contributed by atoms with Crippen LogP contribution in [0.2, 0.25) is 0 Å². The highest BCUT2D eigenvalue weighted by Gasteiger charge is 2.22. The van der Waals surface area contributed by atoms with E-state index < -0.39 is 0 Å². The lowest BCUT2D eigenvalue weighted by Gasteiger charge is -2.25. The molecule has 1 saturated carbocycles. The highest BCUT2D eigenvalue weighted by Crippen LogP contribution is 2.42. The first-order chi connectivity index (χ1) is 16.6. The van der Waals surface area contributed by atoms with Crippen molar-refractivity contribution >= 4 is 11.1 Å². The largest absolute Gasteiger partial charge is 0.497 e. The zero-order chi connectivity index (χ0) is 23.5. The van der Waals surface area contributed by atoms with Crippen molar-refractivity contribution in [3.8, 4) is 5.75 Å². The second kappa shape index (κ2) is 10.2. The Morgan fingerprint density at radius 2 is 1.62 bits per heavy atom. The summed E-state index contributed by atoms with van der Waals surface area (Å²) >= 11 is 0. The molecule has 0 heterocycles. The zero-order valence-electron chi connectivity index (χ0n) is 20.9. The Balaban J connectivity index is 1.47. The Kier molecular flexibility index (Phi) is 6.87. The number of ether oxygens (including phenoxy) is 1. The van der Waals surface area contributed by atoms with Crippen LogP contribution in [0.15, 0.2) is 66.7 Å². The van der Waals surface area contributed by atoms with Crippen molar-refractivity contribution in [2.75, 3.05) is 20.2 Å². The Morgan fingerprint density at radius 3 is 2.29 bits per heavy atom. The third-order valence-corrected chi connectivity index (χ3v) is 7.42. The normalized spacial score (nSPS) is 15.5. The van der Waals surface area contributed by atoms with Gasteiger partial charge in [0.15, 0.2) is 0 Å². The van der Waals surface area contributed by atoms with Crippen LogP contribution in [-0.2, 0) is 12.8 Å². The predicted octanol–water partition coefficient (Wildman–Crippen LogP) is 7.27. The Morgan fingerprint density at radius 1 is 0.882 bits per heavy atom. The molecule has 0 bridgehead atoms. The summed E-state index contributed by atoms with van der Waals surface area (Å²) in [5.74, 6) is 2.43. The fraction of sp³-hybridized carbons (Fsp3) is 0.375. The number of allylic oxidation sites excluding steroid dienone is 1. The number of methoxy groups -OCH3 is 1. The van der Waals surface area contributed by atoms with E-state index in [1.807, 2.05) is 0 Å². The van der Waals surface area contributed by atoms with Crippen LogP contribution in [-0.4, -0.2) is 20.2 Å². The summed E-state index contributed by atoms with van der Waals surface area (Å²) < 4.78 is 5.53. The van der Waals surface area contributed by atoms with Crippen molar-refractivity contribution < 1.29 is 4.74 Å². The molecule has 176 valence electrons. The van der Waals surface area contributed by atoms with Gasteiger partial charge in [-0.2, -0.15) is 0 Å². The van der Waals surface area contributed by atoms with Crippen molar-refractivity contribution in [2.24, 2.45) is 5.92 Å². The van der Waals surface area contributed by atoms with Crippen molar-refractivity contribution in [3.05, 3.63) is 100 Å². The van der Waals surface area contributed by atoms with E-state index in [9.17, 15) is 0 Å². The maximum absolute atomic E-state index is 5.53. The minimum absolute atomic E-state index is 0.549. The average molecular weight is 452 g/mol. The number of benzene rings is 3. The van der Waals surface area contributed by atoms with E-state index in [1.54, 1.807) is 7.11 Å². The maximum Gasteiger partial charge on any atom is 0.119 e. The fourth-order valence-electron chi connectivity index (χ4n) is 5.08. The van der Waals surface area contributed by atoms with Gasteiger partial charge >= 0.3 is 0 Å². The summed E-state index contributed by atoms with van der Waals surface area (Å²) in [4.78, 5) is 0. The van der Waals surface area contributed by atoms with Gasteiger partial charge in [-0.15, -0.1) is 0 Å². The standard InChI is InChI=1S/C32H37NO/c1-22(2)25-10-12-26(13-11-25)30-16-14-28-20-29(34-3)15-17-31(28)32(30)27-8-6-23(7-9-27)18-19-33-21-24-4-5-24/h6-13,15,17,20,22,24,33H,4-5,14,16,18-19,21H2,1-3H3. The number of hydrogen-bond acceptors (Lipinski definition) is 2. The summed E-state index contributed by atoms with van der Waals surface area (Å²) in [6, 6.07) is 25.1. The smallest absolute Gasteiger partial charge is 0.119 e. The molecule has 0 amide bonds. The second-order valence-electron chi connectivity index (χ2n) is 10.2. The molecule has 5 rings (SSSR count). The summed E-state index contributed by atoms with van der Waals surface area (Å²) in [5.41, 5.74) is 11.0. The Bertz CT molecular complexity index is 1150.